The lowest BCUT2D eigenvalue weighted by Crippen LogP contribution is -2.26. The Labute approximate surface area is 134 Å². The Bertz CT molecular complexity index is 608. The van der Waals surface area contributed by atoms with Gasteiger partial charge in [-0.15, -0.1) is 0 Å². The summed E-state index contributed by atoms with van der Waals surface area (Å²) in [5, 5.41) is -0.0771. The third-order valence-electron chi connectivity index (χ3n) is 2.92. The summed E-state index contributed by atoms with van der Waals surface area (Å²) in [6, 6.07) is 1.56. The number of pyridine rings is 1. The van der Waals surface area contributed by atoms with E-state index in [4.69, 9.17) is 0 Å². The van der Waals surface area contributed by atoms with Gasteiger partial charge in [0.25, 0.3) is 0 Å². The molecule has 0 bridgehead atoms. The molecule has 1 saturated heterocycles. The fourth-order valence-electron chi connectivity index (χ4n) is 2.05. The van der Waals surface area contributed by atoms with Crippen molar-refractivity contribution < 1.29 is 19.1 Å². The van der Waals surface area contributed by atoms with Gasteiger partial charge in [0, 0.05) is 31.3 Å². The van der Waals surface area contributed by atoms with Crippen LogP contribution in [0.15, 0.2) is 16.7 Å². The van der Waals surface area contributed by atoms with E-state index in [9.17, 15) is 14.4 Å². The molecule has 1 aromatic heterocycles. The predicted octanol–water partition coefficient (Wildman–Crippen LogP) is 2.02. The van der Waals surface area contributed by atoms with Crippen LogP contribution in [-0.4, -0.2) is 40.9 Å². The van der Waals surface area contributed by atoms with E-state index in [0.29, 0.717) is 28.8 Å². The molecule has 2 rings (SSSR count). The third-order valence-corrected chi connectivity index (χ3v) is 4.49. The van der Waals surface area contributed by atoms with E-state index in [0.717, 1.165) is 11.8 Å². The number of anilines is 1. The van der Waals surface area contributed by atoms with Gasteiger partial charge in [-0.05, 0) is 22.0 Å². The molecule has 0 saturated carbocycles. The summed E-state index contributed by atoms with van der Waals surface area (Å²) in [6.45, 7) is 1.91. The second-order valence-electron chi connectivity index (χ2n) is 4.46. The highest BCUT2D eigenvalue weighted by Crippen LogP contribution is 2.32. The van der Waals surface area contributed by atoms with E-state index < -0.39 is 5.97 Å². The van der Waals surface area contributed by atoms with E-state index >= 15 is 0 Å². The molecule has 2 heterocycles. The quantitative estimate of drug-likeness (QED) is 0.755. The summed E-state index contributed by atoms with van der Waals surface area (Å²) in [4.78, 5) is 40.3. The number of carbonyl (C=O) groups excluding carboxylic acids is 3. The fourth-order valence-corrected chi connectivity index (χ4v) is 3.53. The fraction of sp³-hybridized carbons (Fsp3) is 0.385. The molecule has 1 fully saturated rings. The standard InChI is InChI=1S/C13H13BrN2O4S/c1-7(17)21-9-4-11(18)16(6-9)12-10(14)3-8(5-15-12)13(19)20-2/h3,5,9H,4,6H2,1-2H3. The summed E-state index contributed by atoms with van der Waals surface area (Å²) in [5.74, 6) is -0.139. The second kappa shape index (κ2) is 6.57. The molecular weight excluding hydrogens is 360 g/mol. The molecule has 0 spiro atoms. The number of hydrogen-bond donors (Lipinski definition) is 0. The molecule has 21 heavy (non-hydrogen) atoms. The van der Waals surface area contributed by atoms with Gasteiger partial charge in [-0.3, -0.25) is 14.5 Å². The van der Waals surface area contributed by atoms with Crippen molar-refractivity contribution in [1.29, 1.82) is 0 Å². The molecule has 0 aliphatic carbocycles. The SMILES string of the molecule is COC(=O)c1cnc(N2CC(SC(C)=O)CC2=O)c(Br)c1. The van der Waals surface area contributed by atoms with Crippen LogP contribution < -0.4 is 4.90 Å². The molecule has 1 aliphatic rings. The van der Waals surface area contributed by atoms with E-state index in [-0.39, 0.29) is 16.3 Å². The minimum Gasteiger partial charge on any atom is -0.465 e. The topological polar surface area (TPSA) is 76.6 Å². The number of nitrogens with zero attached hydrogens (tertiary/aromatic N) is 2. The molecule has 1 amide bonds. The lowest BCUT2D eigenvalue weighted by atomic mass is 10.3. The number of thioether (sulfide) groups is 1. The van der Waals surface area contributed by atoms with Gasteiger partial charge in [-0.25, -0.2) is 9.78 Å². The summed E-state index contributed by atoms with van der Waals surface area (Å²) in [5.41, 5.74) is 0.300. The van der Waals surface area contributed by atoms with Gasteiger partial charge in [0.2, 0.25) is 5.91 Å². The van der Waals surface area contributed by atoms with Crippen molar-refractivity contribution in [2.45, 2.75) is 18.6 Å². The predicted molar refractivity (Wildman–Crippen MR) is 82.3 cm³/mol. The number of halogens is 1. The maximum absolute atomic E-state index is 12.0. The molecule has 6 nitrogen and oxygen atoms in total. The van der Waals surface area contributed by atoms with Crippen LogP contribution in [0.25, 0.3) is 0 Å². The first kappa shape index (κ1) is 16.0. The summed E-state index contributed by atoms with van der Waals surface area (Å²) < 4.78 is 5.15. The highest BCUT2D eigenvalue weighted by molar-refractivity contribution is 9.10. The van der Waals surface area contributed by atoms with Gasteiger partial charge >= 0.3 is 5.97 Å². The number of aromatic nitrogens is 1. The number of rotatable bonds is 3. The van der Waals surface area contributed by atoms with Crippen LogP contribution in [0.5, 0.6) is 0 Å². The van der Waals surface area contributed by atoms with Crippen LogP contribution in [0, 0.1) is 0 Å². The molecule has 0 radical (unpaired) electrons. The molecule has 0 aromatic carbocycles. The maximum Gasteiger partial charge on any atom is 0.339 e. The van der Waals surface area contributed by atoms with Crippen LogP contribution in [-0.2, 0) is 14.3 Å². The smallest absolute Gasteiger partial charge is 0.339 e. The Morgan fingerprint density at radius 2 is 2.24 bits per heavy atom. The molecule has 8 heteroatoms. The Morgan fingerprint density at radius 1 is 1.52 bits per heavy atom. The monoisotopic (exact) mass is 372 g/mol. The lowest BCUT2D eigenvalue weighted by molar-refractivity contribution is -0.117. The number of ether oxygens (including phenoxy) is 1. The van der Waals surface area contributed by atoms with Crippen molar-refractivity contribution in [2.75, 3.05) is 18.6 Å². The lowest BCUT2D eigenvalue weighted by Gasteiger charge is -2.17. The zero-order valence-electron chi connectivity index (χ0n) is 11.5. The number of esters is 1. The van der Waals surface area contributed by atoms with E-state index in [1.54, 1.807) is 6.07 Å². The van der Waals surface area contributed by atoms with Crippen molar-refractivity contribution in [3.8, 4) is 0 Å². The van der Waals surface area contributed by atoms with E-state index in [1.165, 1.54) is 25.1 Å². The first-order valence-electron chi connectivity index (χ1n) is 6.13. The van der Waals surface area contributed by atoms with Gasteiger partial charge in [0.15, 0.2) is 5.12 Å². The van der Waals surface area contributed by atoms with Gasteiger partial charge < -0.3 is 4.74 Å². The highest BCUT2D eigenvalue weighted by atomic mass is 79.9. The van der Waals surface area contributed by atoms with Crippen LogP contribution >= 0.6 is 27.7 Å². The molecular formula is C13H13BrN2O4S. The zero-order valence-corrected chi connectivity index (χ0v) is 13.9. The average Bonchev–Trinajstić information content (AvgIpc) is 2.77. The second-order valence-corrected chi connectivity index (χ2v) is 6.79. The normalized spacial score (nSPS) is 18.0. The van der Waals surface area contributed by atoms with Crippen molar-refractivity contribution in [1.82, 2.24) is 4.98 Å². The molecule has 0 N–H and O–H groups in total. The summed E-state index contributed by atoms with van der Waals surface area (Å²) >= 11 is 4.48. The van der Waals surface area contributed by atoms with Crippen LogP contribution in [0.1, 0.15) is 23.7 Å². The molecule has 1 aromatic rings. The highest BCUT2D eigenvalue weighted by Gasteiger charge is 2.33. The van der Waals surface area contributed by atoms with Crippen LogP contribution in [0.2, 0.25) is 0 Å². The third kappa shape index (κ3) is 3.62. The molecule has 1 aliphatic heterocycles. The Morgan fingerprint density at radius 3 is 2.81 bits per heavy atom. The van der Waals surface area contributed by atoms with Gasteiger partial charge in [0.1, 0.15) is 5.82 Å². The first-order valence-corrected chi connectivity index (χ1v) is 7.81. The summed E-state index contributed by atoms with van der Waals surface area (Å²) in [6.07, 6.45) is 1.67. The van der Waals surface area contributed by atoms with Gasteiger partial charge in [-0.2, -0.15) is 0 Å². The number of carbonyl (C=O) groups is 3. The van der Waals surface area contributed by atoms with E-state index in [2.05, 4.69) is 25.7 Å². The number of hydrogen-bond acceptors (Lipinski definition) is 6. The molecule has 112 valence electrons. The van der Waals surface area contributed by atoms with E-state index in [1.807, 2.05) is 0 Å². The largest absolute Gasteiger partial charge is 0.465 e. The Kier molecular flexibility index (Phi) is 5.00. The minimum absolute atomic E-state index is 0.0114. The zero-order chi connectivity index (χ0) is 15.6. The number of amides is 1. The maximum atomic E-state index is 12.0. The van der Waals surface area contributed by atoms with Gasteiger partial charge in [0.05, 0.1) is 17.1 Å². The Balaban J connectivity index is 2.20. The van der Waals surface area contributed by atoms with Gasteiger partial charge in [-0.1, -0.05) is 11.8 Å². The molecule has 1 atom stereocenters. The summed E-state index contributed by atoms with van der Waals surface area (Å²) in [7, 11) is 1.29. The van der Waals surface area contributed by atoms with Crippen molar-refractivity contribution >= 4 is 50.5 Å². The average molecular weight is 373 g/mol. The first-order chi connectivity index (χ1) is 9.92. The van der Waals surface area contributed by atoms with Crippen molar-refractivity contribution in [3.05, 3.63) is 22.3 Å². The van der Waals surface area contributed by atoms with Crippen LogP contribution in [0.3, 0.4) is 0 Å². The van der Waals surface area contributed by atoms with Crippen LogP contribution in [0.4, 0.5) is 5.82 Å². The number of methoxy groups -OCH3 is 1. The minimum atomic E-state index is -0.493. The van der Waals surface area contributed by atoms with Crippen molar-refractivity contribution in [2.24, 2.45) is 0 Å². The molecule has 1 unspecified atom stereocenters. The Hall–Kier alpha value is -1.41. The van der Waals surface area contributed by atoms with Crippen molar-refractivity contribution in [3.63, 3.8) is 0 Å².